The highest BCUT2D eigenvalue weighted by Crippen LogP contribution is 2.11. The fourth-order valence-electron chi connectivity index (χ4n) is 1.68. The van der Waals surface area contributed by atoms with Crippen molar-refractivity contribution in [3.05, 3.63) is 34.9 Å². The molecule has 3 nitrogen and oxygen atoms in total. The van der Waals surface area contributed by atoms with Crippen molar-refractivity contribution in [2.45, 2.75) is 13.3 Å². The average Bonchev–Trinajstić information content (AvgIpc) is 2.29. The van der Waals surface area contributed by atoms with Crippen molar-refractivity contribution in [1.82, 2.24) is 4.90 Å². The van der Waals surface area contributed by atoms with Crippen molar-refractivity contribution in [3.63, 3.8) is 0 Å². The molecule has 0 bridgehead atoms. The maximum atomic E-state index is 12.0. The van der Waals surface area contributed by atoms with E-state index in [9.17, 15) is 4.79 Å². The number of benzene rings is 1. The van der Waals surface area contributed by atoms with Gasteiger partial charge in [0.1, 0.15) is 0 Å². The first-order valence-corrected chi connectivity index (χ1v) is 6.17. The summed E-state index contributed by atoms with van der Waals surface area (Å²) >= 11 is 5.84. The van der Waals surface area contributed by atoms with Crippen LogP contribution in [0, 0.1) is 0 Å². The Balaban J connectivity index is 2.63. The van der Waals surface area contributed by atoms with Crippen LogP contribution in [0.15, 0.2) is 24.3 Å². The average molecular weight is 256 g/mol. The molecule has 0 aliphatic rings. The molecule has 0 aliphatic carbocycles. The molecule has 0 unspecified atom stereocenters. The molecular formula is C13H18ClNO2. The van der Waals surface area contributed by atoms with Gasteiger partial charge in [0, 0.05) is 17.1 Å². The summed E-state index contributed by atoms with van der Waals surface area (Å²) in [6, 6.07) is 6.95. The molecule has 1 N–H and O–H groups in total. The van der Waals surface area contributed by atoms with Crippen LogP contribution < -0.4 is 0 Å². The molecule has 94 valence electrons. The van der Waals surface area contributed by atoms with Gasteiger partial charge in [-0.2, -0.15) is 0 Å². The summed E-state index contributed by atoms with van der Waals surface area (Å²) in [5.74, 6) is 0.0365. The van der Waals surface area contributed by atoms with Gasteiger partial charge in [-0.25, -0.2) is 0 Å². The van der Waals surface area contributed by atoms with E-state index >= 15 is 0 Å². The first-order valence-electron chi connectivity index (χ1n) is 5.79. The summed E-state index contributed by atoms with van der Waals surface area (Å²) in [7, 11) is 0. The van der Waals surface area contributed by atoms with Gasteiger partial charge in [-0.1, -0.05) is 30.7 Å². The summed E-state index contributed by atoms with van der Waals surface area (Å²) in [5.41, 5.74) is 0.622. The molecule has 0 aliphatic heterocycles. The SMILES string of the molecule is CCCN(CCO)CC(=O)c1cccc(Cl)c1. The van der Waals surface area contributed by atoms with Crippen LogP contribution in [0.3, 0.4) is 0 Å². The summed E-state index contributed by atoms with van der Waals surface area (Å²) in [5, 5.41) is 9.49. The molecule has 1 aromatic carbocycles. The van der Waals surface area contributed by atoms with E-state index < -0.39 is 0 Å². The van der Waals surface area contributed by atoms with E-state index in [1.807, 2.05) is 11.8 Å². The van der Waals surface area contributed by atoms with Gasteiger partial charge >= 0.3 is 0 Å². The lowest BCUT2D eigenvalue weighted by Gasteiger charge is -2.19. The van der Waals surface area contributed by atoms with E-state index in [1.54, 1.807) is 24.3 Å². The summed E-state index contributed by atoms with van der Waals surface area (Å²) in [6.07, 6.45) is 0.961. The van der Waals surface area contributed by atoms with Crippen molar-refractivity contribution in [2.75, 3.05) is 26.2 Å². The molecule has 0 radical (unpaired) electrons. The van der Waals surface area contributed by atoms with Gasteiger partial charge in [0.15, 0.2) is 5.78 Å². The minimum atomic E-state index is 0.0365. The van der Waals surface area contributed by atoms with E-state index in [0.29, 0.717) is 23.7 Å². The standard InChI is InChI=1S/C13H18ClNO2/c1-2-6-15(7-8-16)10-13(17)11-4-3-5-12(14)9-11/h3-5,9,16H,2,6-8,10H2,1H3. The van der Waals surface area contributed by atoms with Crippen molar-refractivity contribution in [3.8, 4) is 0 Å². The number of aliphatic hydroxyl groups excluding tert-OH is 1. The second-order valence-electron chi connectivity index (χ2n) is 3.93. The first-order chi connectivity index (χ1) is 8.17. The van der Waals surface area contributed by atoms with E-state index in [1.165, 1.54) is 0 Å². The number of rotatable bonds is 7. The monoisotopic (exact) mass is 255 g/mol. The normalized spacial score (nSPS) is 10.8. The molecule has 0 aromatic heterocycles. The van der Waals surface area contributed by atoms with Crippen molar-refractivity contribution in [1.29, 1.82) is 0 Å². The number of carbonyl (C=O) groups is 1. The number of ketones is 1. The molecule has 0 spiro atoms. The van der Waals surface area contributed by atoms with Gasteiger partial charge in [0.25, 0.3) is 0 Å². The Hall–Kier alpha value is -0.900. The number of Topliss-reactive ketones (excluding diaryl/α,β-unsaturated/α-hetero) is 1. The van der Waals surface area contributed by atoms with Gasteiger partial charge in [-0.05, 0) is 25.1 Å². The van der Waals surface area contributed by atoms with Gasteiger partial charge < -0.3 is 5.11 Å². The second kappa shape index (κ2) is 7.43. The Kier molecular flexibility index (Phi) is 6.19. The predicted molar refractivity (Wildman–Crippen MR) is 69.6 cm³/mol. The summed E-state index contributed by atoms with van der Waals surface area (Å²) in [6.45, 7) is 3.79. The van der Waals surface area contributed by atoms with Crippen molar-refractivity contribution >= 4 is 17.4 Å². The zero-order valence-corrected chi connectivity index (χ0v) is 10.8. The molecule has 1 aromatic rings. The molecule has 0 heterocycles. The third-order valence-corrected chi connectivity index (χ3v) is 2.70. The van der Waals surface area contributed by atoms with Gasteiger partial charge in [-0.3, -0.25) is 9.69 Å². The summed E-state index contributed by atoms with van der Waals surface area (Å²) in [4.78, 5) is 13.9. The van der Waals surface area contributed by atoms with Crippen LogP contribution in [0.1, 0.15) is 23.7 Å². The van der Waals surface area contributed by atoms with Crippen molar-refractivity contribution in [2.24, 2.45) is 0 Å². The number of nitrogens with zero attached hydrogens (tertiary/aromatic N) is 1. The maximum Gasteiger partial charge on any atom is 0.176 e. The molecule has 0 saturated heterocycles. The number of halogens is 1. The number of hydrogen-bond acceptors (Lipinski definition) is 3. The molecule has 4 heteroatoms. The van der Waals surface area contributed by atoms with Gasteiger partial charge in [0.05, 0.1) is 13.2 Å². The quantitative estimate of drug-likeness (QED) is 0.760. The lowest BCUT2D eigenvalue weighted by molar-refractivity contribution is 0.0915. The highest BCUT2D eigenvalue weighted by atomic mass is 35.5. The minimum absolute atomic E-state index is 0.0365. The number of carbonyl (C=O) groups excluding carboxylic acids is 1. The predicted octanol–water partition coefficient (Wildman–Crippen LogP) is 2.23. The molecule has 17 heavy (non-hydrogen) atoms. The van der Waals surface area contributed by atoms with Gasteiger partial charge in [0.2, 0.25) is 0 Å². The lowest BCUT2D eigenvalue weighted by atomic mass is 10.1. The third kappa shape index (κ3) is 4.86. The topological polar surface area (TPSA) is 40.5 Å². The largest absolute Gasteiger partial charge is 0.395 e. The summed E-state index contributed by atoms with van der Waals surface area (Å²) < 4.78 is 0. The fraction of sp³-hybridized carbons (Fsp3) is 0.462. The Morgan fingerprint density at radius 2 is 2.18 bits per heavy atom. The van der Waals surface area contributed by atoms with E-state index in [0.717, 1.165) is 13.0 Å². The molecule has 0 saturated carbocycles. The van der Waals surface area contributed by atoms with Crippen LogP contribution in [0.4, 0.5) is 0 Å². The first kappa shape index (κ1) is 14.2. The molecule has 0 fully saturated rings. The lowest BCUT2D eigenvalue weighted by Crippen LogP contribution is -2.33. The highest BCUT2D eigenvalue weighted by Gasteiger charge is 2.11. The maximum absolute atomic E-state index is 12.0. The number of aliphatic hydroxyl groups is 1. The second-order valence-corrected chi connectivity index (χ2v) is 4.37. The van der Waals surface area contributed by atoms with Crippen LogP contribution in [0.5, 0.6) is 0 Å². The zero-order valence-electron chi connectivity index (χ0n) is 10.0. The molecule has 0 amide bonds. The van der Waals surface area contributed by atoms with Crippen molar-refractivity contribution < 1.29 is 9.90 Å². The van der Waals surface area contributed by atoms with Crippen LogP contribution in [-0.2, 0) is 0 Å². The Labute approximate surface area is 107 Å². The Morgan fingerprint density at radius 1 is 1.41 bits per heavy atom. The molecule has 0 atom stereocenters. The van der Waals surface area contributed by atoms with Gasteiger partial charge in [-0.15, -0.1) is 0 Å². The third-order valence-electron chi connectivity index (χ3n) is 2.47. The van der Waals surface area contributed by atoms with E-state index in [2.05, 4.69) is 0 Å². The van der Waals surface area contributed by atoms with E-state index in [4.69, 9.17) is 16.7 Å². The highest BCUT2D eigenvalue weighted by molar-refractivity contribution is 6.31. The Morgan fingerprint density at radius 3 is 2.76 bits per heavy atom. The zero-order chi connectivity index (χ0) is 12.7. The fourth-order valence-corrected chi connectivity index (χ4v) is 1.87. The van der Waals surface area contributed by atoms with Crippen LogP contribution >= 0.6 is 11.6 Å². The minimum Gasteiger partial charge on any atom is -0.395 e. The van der Waals surface area contributed by atoms with E-state index in [-0.39, 0.29) is 12.4 Å². The number of hydrogen-bond donors (Lipinski definition) is 1. The Bertz CT molecular complexity index is 362. The molecular weight excluding hydrogens is 238 g/mol. The van der Waals surface area contributed by atoms with Crippen LogP contribution in [-0.4, -0.2) is 42.0 Å². The smallest absolute Gasteiger partial charge is 0.176 e. The molecule has 1 rings (SSSR count). The van der Waals surface area contributed by atoms with Crippen LogP contribution in [0.25, 0.3) is 0 Å². The van der Waals surface area contributed by atoms with Crippen LogP contribution in [0.2, 0.25) is 5.02 Å².